The minimum absolute atomic E-state index is 0.789. The molecule has 0 aliphatic heterocycles. The topological polar surface area (TPSA) is 37.3 Å². The van der Waals surface area contributed by atoms with E-state index in [1.807, 2.05) is 0 Å². The first-order chi connectivity index (χ1) is 2.56. The summed E-state index contributed by atoms with van der Waals surface area (Å²) in [5, 5.41) is -3.07. The van der Waals surface area contributed by atoms with Crippen LogP contribution in [0.3, 0.4) is 0 Å². The van der Waals surface area contributed by atoms with Gasteiger partial charge in [0.25, 0.3) is 0 Å². The molecule has 0 bridgehead atoms. The monoisotopic (exact) mass is 220 g/mol. The van der Waals surface area contributed by atoms with E-state index >= 15 is 0 Å². The van der Waals surface area contributed by atoms with E-state index in [-0.39, 0.29) is 0 Å². The fourth-order valence-electron chi connectivity index (χ4n) is 0. The molecular weight excluding hydrogens is 215 g/mol. The van der Waals surface area contributed by atoms with Crippen LogP contribution in [0.15, 0.2) is 0 Å². The molecule has 0 saturated carbocycles. The summed E-state index contributed by atoms with van der Waals surface area (Å²) < 4.78 is 9.93. The summed E-state index contributed by atoms with van der Waals surface area (Å²) in [4.78, 5) is 8.17. The van der Waals surface area contributed by atoms with Gasteiger partial charge < -0.3 is 0 Å². The molecule has 2 nitrogen and oxygen atoms in total. The SMILES string of the molecule is C#CP(=O)(O)[TeH]. The number of hydrogen-bond donors (Lipinski definition) is 1. The average Bonchev–Trinajstić information content (AvgIpc) is 1.35. The van der Waals surface area contributed by atoms with Crippen molar-refractivity contribution in [1.82, 2.24) is 0 Å². The molecular formula is C2H3O2PTe. The molecule has 4 heteroatoms. The standard InChI is InChI=1S/C2H3O2PTe/c1-2-5(3,4)6/h1H,(H2,3,4,6). The zero-order valence-electron chi connectivity index (χ0n) is 2.83. The first kappa shape index (κ1) is 6.54. The van der Waals surface area contributed by atoms with Gasteiger partial charge in [-0.15, -0.1) is 0 Å². The van der Waals surface area contributed by atoms with Crippen molar-refractivity contribution in [3.05, 3.63) is 0 Å². The molecule has 0 spiro atoms. The molecule has 1 unspecified atom stereocenters. The Labute approximate surface area is 48.7 Å². The summed E-state index contributed by atoms with van der Waals surface area (Å²) >= 11 is 0.789. The third-order valence-electron chi connectivity index (χ3n) is 0.168. The Morgan fingerprint density at radius 1 is 2.00 bits per heavy atom. The van der Waals surface area contributed by atoms with Crippen molar-refractivity contribution in [3.63, 3.8) is 0 Å². The Balaban J connectivity index is 3.94. The van der Waals surface area contributed by atoms with Gasteiger partial charge in [0.05, 0.1) is 0 Å². The fraction of sp³-hybridized carbons (Fsp3) is 0. The third kappa shape index (κ3) is 4.54. The predicted molar refractivity (Wildman–Crippen MR) is 25.8 cm³/mol. The number of rotatable bonds is 0. The molecule has 0 radical (unpaired) electrons. The van der Waals surface area contributed by atoms with Gasteiger partial charge in [-0.3, -0.25) is 0 Å². The van der Waals surface area contributed by atoms with Crippen molar-refractivity contribution >= 4 is 26.8 Å². The maximum atomic E-state index is 9.93. The summed E-state index contributed by atoms with van der Waals surface area (Å²) in [6.07, 6.45) is 4.55. The van der Waals surface area contributed by atoms with Crippen LogP contribution in [-0.4, -0.2) is 26.6 Å². The van der Waals surface area contributed by atoms with Crippen molar-refractivity contribution in [3.8, 4) is 12.1 Å². The van der Waals surface area contributed by atoms with Crippen LogP contribution in [0.1, 0.15) is 0 Å². The zero-order valence-corrected chi connectivity index (χ0v) is 6.27. The molecule has 0 heterocycles. The second-order valence-electron chi connectivity index (χ2n) is 0.673. The van der Waals surface area contributed by atoms with Crippen LogP contribution in [0.4, 0.5) is 0 Å². The van der Waals surface area contributed by atoms with Gasteiger partial charge in [0.15, 0.2) is 0 Å². The van der Waals surface area contributed by atoms with Crippen LogP contribution in [0.2, 0.25) is 0 Å². The molecule has 1 atom stereocenters. The predicted octanol–water partition coefficient (Wildman–Crippen LogP) is -0.337. The molecule has 0 aliphatic carbocycles. The molecule has 0 aromatic rings. The molecule has 0 saturated heterocycles. The Bertz CT molecular complexity index is 118. The molecule has 0 aliphatic rings. The van der Waals surface area contributed by atoms with E-state index in [0.29, 0.717) is 0 Å². The summed E-state index contributed by atoms with van der Waals surface area (Å²) in [5.41, 5.74) is 1.74. The maximum absolute atomic E-state index is 9.93. The van der Waals surface area contributed by atoms with Crippen LogP contribution < -0.4 is 0 Å². The van der Waals surface area contributed by atoms with Crippen LogP contribution in [-0.2, 0) is 4.57 Å². The Hall–Kier alpha value is 0.540. The van der Waals surface area contributed by atoms with Crippen LogP contribution >= 0.6 is 5.06 Å². The van der Waals surface area contributed by atoms with Gasteiger partial charge in [-0.25, -0.2) is 0 Å². The van der Waals surface area contributed by atoms with Crippen molar-refractivity contribution < 1.29 is 9.46 Å². The summed E-state index contributed by atoms with van der Waals surface area (Å²) in [5.74, 6) is 0. The Morgan fingerprint density at radius 2 is 2.17 bits per heavy atom. The summed E-state index contributed by atoms with van der Waals surface area (Å²) in [7, 11) is 0. The summed E-state index contributed by atoms with van der Waals surface area (Å²) in [6, 6.07) is 0. The second-order valence-corrected chi connectivity index (χ2v) is 6.66. The van der Waals surface area contributed by atoms with Gasteiger partial charge in [0, 0.05) is 0 Å². The molecule has 34 valence electrons. The first-order valence-electron chi connectivity index (χ1n) is 1.09. The van der Waals surface area contributed by atoms with E-state index in [1.54, 1.807) is 5.66 Å². The normalized spacial score (nSPS) is 18.2. The van der Waals surface area contributed by atoms with E-state index in [1.165, 1.54) is 0 Å². The Kier molecular flexibility index (Phi) is 2.19. The first-order valence-corrected chi connectivity index (χ1v) is 6.13. The molecule has 0 aromatic heterocycles. The van der Waals surface area contributed by atoms with Gasteiger partial charge in [0.2, 0.25) is 0 Å². The molecule has 0 fully saturated rings. The molecule has 0 amide bonds. The van der Waals surface area contributed by atoms with Gasteiger partial charge in [-0.05, 0) is 0 Å². The van der Waals surface area contributed by atoms with Crippen molar-refractivity contribution in [2.75, 3.05) is 0 Å². The van der Waals surface area contributed by atoms with Gasteiger partial charge >= 0.3 is 48.4 Å². The fourth-order valence-corrected chi connectivity index (χ4v) is 0. The minimum atomic E-state index is -3.07. The van der Waals surface area contributed by atoms with Crippen molar-refractivity contribution in [2.45, 2.75) is 0 Å². The zero-order chi connectivity index (χ0) is 5.21. The van der Waals surface area contributed by atoms with Crippen molar-refractivity contribution in [1.29, 1.82) is 0 Å². The van der Waals surface area contributed by atoms with E-state index in [2.05, 4.69) is 6.42 Å². The number of terminal acetylenes is 1. The van der Waals surface area contributed by atoms with Crippen LogP contribution in [0.25, 0.3) is 0 Å². The Morgan fingerprint density at radius 3 is 2.17 bits per heavy atom. The van der Waals surface area contributed by atoms with Crippen molar-refractivity contribution in [2.24, 2.45) is 0 Å². The van der Waals surface area contributed by atoms with Gasteiger partial charge in [-0.1, -0.05) is 0 Å². The van der Waals surface area contributed by atoms with E-state index in [0.717, 1.165) is 21.7 Å². The summed E-state index contributed by atoms with van der Waals surface area (Å²) in [6.45, 7) is 0. The van der Waals surface area contributed by atoms with E-state index < -0.39 is 5.06 Å². The number of hydrogen-bond acceptors (Lipinski definition) is 1. The van der Waals surface area contributed by atoms with Crippen LogP contribution in [0.5, 0.6) is 0 Å². The van der Waals surface area contributed by atoms with Crippen LogP contribution in [0, 0.1) is 12.1 Å². The quantitative estimate of drug-likeness (QED) is 0.343. The van der Waals surface area contributed by atoms with E-state index in [4.69, 9.17) is 4.89 Å². The van der Waals surface area contributed by atoms with E-state index in [9.17, 15) is 4.57 Å². The second kappa shape index (κ2) is 2.01. The third-order valence-corrected chi connectivity index (χ3v) is 1.49. The molecule has 0 aromatic carbocycles. The molecule has 0 rings (SSSR count). The van der Waals surface area contributed by atoms with Gasteiger partial charge in [0.1, 0.15) is 0 Å². The average molecular weight is 218 g/mol. The van der Waals surface area contributed by atoms with Gasteiger partial charge in [-0.2, -0.15) is 0 Å². The molecule has 6 heavy (non-hydrogen) atoms. The molecule has 1 N–H and O–H groups in total.